The lowest BCUT2D eigenvalue weighted by Gasteiger charge is -2.32. The smallest absolute Gasteiger partial charge is 0.328 e. The van der Waals surface area contributed by atoms with E-state index in [2.05, 4.69) is 9.97 Å². The second kappa shape index (κ2) is 6.68. The number of aromatic nitrogens is 2. The van der Waals surface area contributed by atoms with Gasteiger partial charge in [-0.2, -0.15) is 5.26 Å². The molecule has 0 radical (unpaired) electrons. The summed E-state index contributed by atoms with van der Waals surface area (Å²) in [7, 11) is 0. The highest BCUT2D eigenvalue weighted by Crippen LogP contribution is 2.53. The molecule has 0 aliphatic carbocycles. The second-order valence-electron chi connectivity index (χ2n) is 7.35. The first-order valence-electron chi connectivity index (χ1n) is 9.49. The zero-order chi connectivity index (χ0) is 22.6. The first-order valence-corrected chi connectivity index (χ1v) is 9.49. The Balaban J connectivity index is 1.82. The molecule has 0 saturated heterocycles. The Labute approximate surface area is 179 Å². The van der Waals surface area contributed by atoms with Crippen molar-refractivity contribution in [2.75, 3.05) is 4.90 Å². The molecule has 1 aromatic heterocycles. The molecular formula is C22H14FN5O4. The van der Waals surface area contributed by atoms with E-state index in [-0.39, 0.29) is 23.6 Å². The number of ether oxygens (including phenoxy) is 1. The average Bonchev–Trinajstić information content (AvgIpc) is 2.98. The number of benzene rings is 2. The number of aromatic amines is 2. The van der Waals surface area contributed by atoms with E-state index < -0.39 is 34.3 Å². The highest BCUT2D eigenvalue weighted by Gasteiger charge is 2.60. The van der Waals surface area contributed by atoms with Gasteiger partial charge >= 0.3 is 5.69 Å². The minimum atomic E-state index is -1.92. The summed E-state index contributed by atoms with van der Waals surface area (Å²) in [6.45, 7) is 0.0495. The van der Waals surface area contributed by atoms with Crippen LogP contribution < -0.4 is 26.6 Å². The Morgan fingerprint density at radius 2 is 1.81 bits per heavy atom. The number of nitriles is 1. The number of nitrogens with zero attached hydrogens (tertiary/aromatic N) is 2. The summed E-state index contributed by atoms with van der Waals surface area (Å²) in [4.78, 5) is 44.7. The number of rotatable bonds is 2. The van der Waals surface area contributed by atoms with Crippen LogP contribution in [0.4, 0.5) is 10.1 Å². The number of hydrogen-bond acceptors (Lipinski definition) is 6. The Bertz CT molecular complexity index is 1480. The number of anilines is 1. The van der Waals surface area contributed by atoms with E-state index in [0.29, 0.717) is 16.8 Å². The van der Waals surface area contributed by atoms with E-state index in [4.69, 9.17) is 10.5 Å². The van der Waals surface area contributed by atoms with Crippen molar-refractivity contribution in [1.29, 1.82) is 5.26 Å². The van der Waals surface area contributed by atoms with Gasteiger partial charge in [0.25, 0.3) is 5.56 Å². The molecule has 2 aliphatic rings. The first-order chi connectivity index (χ1) is 15.4. The van der Waals surface area contributed by atoms with E-state index in [1.165, 1.54) is 29.2 Å². The molecule has 32 heavy (non-hydrogen) atoms. The number of hydrogen-bond donors (Lipinski definition) is 3. The maximum Gasteiger partial charge on any atom is 0.328 e. The third-order valence-electron chi connectivity index (χ3n) is 5.65. The minimum absolute atomic E-state index is 0.0495. The highest BCUT2D eigenvalue weighted by molar-refractivity contribution is 6.14. The zero-order valence-corrected chi connectivity index (χ0v) is 16.3. The van der Waals surface area contributed by atoms with Gasteiger partial charge in [-0.1, -0.05) is 30.3 Å². The number of nitrogens with two attached hydrogens (primary N) is 1. The van der Waals surface area contributed by atoms with Crippen molar-refractivity contribution < 1.29 is 13.9 Å². The number of H-pyrrole nitrogens is 2. The van der Waals surface area contributed by atoms with Gasteiger partial charge in [0.1, 0.15) is 23.0 Å². The van der Waals surface area contributed by atoms with Crippen LogP contribution in [0.1, 0.15) is 16.7 Å². The predicted molar refractivity (Wildman–Crippen MR) is 110 cm³/mol. The molecule has 1 atom stereocenters. The molecular weight excluding hydrogens is 417 g/mol. The van der Waals surface area contributed by atoms with Gasteiger partial charge in [-0.15, -0.1) is 0 Å². The molecule has 0 unspecified atom stereocenters. The molecule has 0 fully saturated rings. The van der Waals surface area contributed by atoms with Gasteiger partial charge in [0.2, 0.25) is 17.7 Å². The van der Waals surface area contributed by atoms with Gasteiger partial charge < -0.3 is 15.4 Å². The summed E-state index contributed by atoms with van der Waals surface area (Å²) in [5.41, 5.74) is 3.26. The number of para-hydroxylation sites is 1. The van der Waals surface area contributed by atoms with Crippen LogP contribution in [-0.2, 0) is 16.8 Å². The van der Waals surface area contributed by atoms with Crippen LogP contribution in [0.25, 0.3) is 0 Å². The van der Waals surface area contributed by atoms with Crippen LogP contribution in [-0.4, -0.2) is 15.9 Å². The van der Waals surface area contributed by atoms with Gasteiger partial charge in [-0.3, -0.25) is 19.6 Å². The van der Waals surface area contributed by atoms with Crippen LogP contribution in [0, 0.1) is 17.1 Å². The quantitative estimate of drug-likeness (QED) is 0.554. The van der Waals surface area contributed by atoms with Crippen LogP contribution in [0.15, 0.2) is 69.6 Å². The molecule has 0 saturated carbocycles. The van der Waals surface area contributed by atoms with Gasteiger partial charge in [0, 0.05) is 11.3 Å². The SMILES string of the molecule is N#CC1=C(N)Oc2[nH]c(=O)[nH]c(=O)c2[C@]12C(=O)N(Cc1ccc(F)cc1)c1ccccc12. The zero-order valence-electron chi connectivity index (χ0n) is 16.3. The van der Waals surface area contributed by atoms with E-state index >= 15 is 0 Å². The number of carbonyl (C=O) groups is 1. The topological polar surface area (TPSA) is 145 Å². The maximum absolute atomic E-state index is 14.0. The largest absolute Gasteiger partial charge is 0.423 e. The Kier molecular flexibility index (Phi) is 4.03. The van der Waals surface area contributed by atoms with Crippen molar-refractivity contribution in [3.8, 4) is 11.9 Å². The summed E-state index contributed by atoms with van der Waals surface area (Å²) in [6, 6.07) is 14.2. The fourth-order valence-electron chi connectivity index (χ4n) is 4.36. The molecule has 5 rings (SSSR count). The Morgan fingerprint density at radius 1 is 1.09 bits per heavy atom. The molecule has 158 valence electrons. The third kappa shape index (κ3) is 2.45. The fourth-order valence-corrected chi connectivity index (χ4v) is 4.36. The molecule has 2 aromatic carbocycles. The lowest BCUT2D eigenvalue weighted by atomic mass is 9.69. The number of carbonyl (C=O) groups excluding carboxylic acids is 1. The lowest BCUT2D eigenvalue weighted by molar-refractivity contribution is -0.121. The van der Waals surface area contributed by atoms with Crippen LogP contribution in [0.2, 0.25) is 0 Å². The van der Waals surface area contributed by atoms with Gasteiger partial charge in [0.15, 0.2) is 5.41 Å². The maximum atomic E-state index is 14.0. The number of fused-ring (bicyclic) bond motifs is 4. The third-order valence-corrected chi connectivity index (χ3v) is 5.65. The van der Waals surface area contributed by atoms with Crippen molar-refractivity contribution in [2.45, 2.75) is 12.0 Å². The van der Waals surface area contributed by atoms with E-state index in [1.54, 1.807) is 24.3 Å². The van der Waals surface area contributed by atoms with Crippen LogP contribution in [0.3, 0.4) is 0 Å². The Morgan fingerprint density at radius 3 is 2.53 bits per heavy atom. The molecule has 2 aliphatic heterocycles. The van der Waals surface area contributed by atoms with Crippen molar-refractivity contribution in [2.24, 2.45) is 5.73 Å². The van der Waals surface area contributed by atoms with Crippen molar-refractivity contribution in [3.05, 3.63) is 103 Å². The van der Waals surface area contributed by atoms with Crippen molar-refractivity contribution >= 4 is 11.6 Å². The summed E-state index contributed by atoms with van der Waals surface area (Å²) in [5, 5.41) is 9.94. The number of halogens is 1. The molecule has 10 heteroatoms. The van der Waals surface area contributed by atoms with Crippen molar-refractivity contribution in [1.82, 2.24) is 9.97 Å². The summed E-state index contributed by atoms with van der Waals surface area (Å²) in [5.74, 6) is -1.74. The molecule has 9 nitrogen and oxygen atoms in total. The molecule has 3 aromatic rings. The van der Waals surface area contributed by atoms with E-state index in [0.717, 1.165) is 0 Å². The summed E-state index contributed by atoms with van der Waals surface area (Å²) in [6.07, 6.45) is 0. The van der Waals surface area contributed by atoms with Gasteiger partial charge in [-0.25, -0.2) is 9.18 Å². The predicted octanol–water partition coefficient (Wildman–Crippen LogP) is 1.12. The normalized spacial score (nSPS) is 18.9. The minimum Gasteiger partial charge on any atom is -0.423 e. The second-order valence-corrected chi connectivity index (χ2v) is 7.35. The fraction of sp³-hybridized carbons (Fsp3) is 0.0909. The monoisotopic (exact) mass is 431 g/mol. The molecule has 3 heterocycles. The van der Waals surface area contributed by atoms with Gasteiger partial charge in [-0.05, 0) is 23.8 Å². The molecule has 1 spiro atoms. The van der Waals surface area contributed by atoms with Crippen molar-refractivity contribution in [3.63, 3.8) is 0 Å². The van der Waals surface area contributed by atoms with E-state index in [1.807, 2.05) is 6.07 Å². The van der Waals surface area contributed by atoms with Gasteiger partial charge in [0.05, 0.1) is 6.54 Å². The standard InChI is InChI=1S/C22H14FN5O4/c23-12-7-5-11(6-8-12)10-28-15-4-2-1-3-13(15)22(20(28)30)14(9-24)17(25)32-19-16(22)18(29)26-21(31)27-19/h1-8H,10,25H2,(H2,26,27,29,31)/t22-/m1/s1. The van der Waals surface area contributed by atoms with Crippen LogP contribution in [0.5, 0.6) is 5.88 Å². The summed E-state index contributed by atoms with van der Waals surface area (Å²) < 4.78 is 18.7. The molecule has 1 amide bonds. The first kappa shape index (κ1) is 19.3. The molecule has 0 bridgehead atoms. The van der Waals surface area contributed by atoms with E-state index in [9.17, 15) is 24.0 Å². The number of amides is 1. The Hall–Kier alpha value is -4.65. The molecule has 4 N–H and O–H groups in total. The number of nitrogens with one attached hydrogen (secondary N) is 2. The van der Waals surface area contributed by atoms with Crippen LogP contribution >= 0.6 is 0 Å². The average molecular weight is 431 g/mol. The lowest BCUT2D eigenvalue weighted by Crippen LogP contribution is -2.50. The highest BCUT2D eigenvalue weighted by atomic mass is 19.1. The summed E-state index contributed by atoms with van der Waals surface area (Å²) >= 11 is 0.